The highest BCUT2D eigenvalue weighted by Gasteiger charge is 2.28. The van der Waals surface area contributed by atoms with Gasteiger partial charge in [0.2, 0.25) is 5.69 Å². The van der Waals surface area contributed by atoms with Crippen LogP contribution in [0.3, 0.4) is 0 Å². The van der Waals surface area contributed by atoms with Gasteiger partial charge in [0, 0.05) is 22.5 Å². The third-order valence-corrected chi connectivity index (χ3v) is 5.39. The number of nitrogens with zero attached hydrogens (tertiary/aromatic N) is 1. The van der Waals surface area contributed by atoms with Crippen molar-refractivity contribution in [2.75, 3.05) is 0 Å². The third-order valence-electron chi connectivity index (χ3n) is 5.39. The Balaban J connectivity index is 1.51. The SMILES string of the molecule is [C-]#[N+]c1cc(COc2ccc3[nH]c4c(c3c2)CC[C@H]4CC(=O)O)ccc1OC(C)C. The average Bonchev–Trinajstić information content (AvgIpc) is 3.26. The smallest absolute Gasteiger partial charge is 0.304 e. The number of rotatable bonds is 7. The number of aromatic amines is 1. The highest BCUT2D eigenvalue weighted by molar-refractivity contribution is 5.87. The number of benzene rings is 2. The molecule has 6 nitrogen and oxygen atoms in total. The number of fused-ring (bicyclic) bond motifs is 3. The van der Waals surface area contributed by atoms with Gasteiger partial charge in [-0.05, 0) is 68.1 Å². The molecule has 1 aliphatic carbocycles. The van der Waals surface area contributed by atoms with Crippen LogP contribution in [0.15, 0.2) is 36.4 Å². The number of nitrogens with one attached hydrogen (secondary N) is 1. The summed E-state index contributed by atoms with van der Waals surface area (Å²) >= 11 is 0. The molecule has 0 fully saturated rings. The minimum absolute atomic E-state index is 0.0116. The Hall–Kier alpha value is -3.46. The lowest BCUT2D eigenvalue weighted by atomic mass is 10.0. The molecule has 0 aliphatic heterocycles. The van der Waals surface area contributed by atoms with E-state index < -0.39 is 5.97 Å². The van der Waals surface area contributed by atoms with Crippen molar-refractivity contribution in [1.29, 1.82) is 0 Å². The molecule has 0 saturated carbocycles. The molecule has 0 amide bonds. The van der Waals surface area contributed by atoms with Gasteiger partial charge in [0.1, 0.15) is 18.1 Å². The molecule has 2 N–H and O–H groups in total. The van der Waals surface area contributed by atoms with Crippen molar-refractivity contribution >= 4 is 22.6 Å². The molecule has 1 aromatic heterocycles. The molecule has 6 heteroatoms. The van der Waals surface area contributed by atoms with Gasteiger partial charge in [-0.15, -0.1) is 0 Å². The molecule has 0 bridgehead atoms. The Morgan fingerprint density at radius 2 is 2.13 bits per heavy atom. The predicted octanol–water partition coefficient (Wildman–Crippen LogP) is 5.59. The molecule has 0 spiro atoms. The van der Waals surface area contributed by atoms with Crippen molar-refractivity contribution < 1.29 is 19.4 Å². The van der Waals surface area contributed by atoms with Crippen molar-refractivity contribution in [2.45, 2.75) is 51.7 Å². The van der Waals surface area contributed by atoms with Crippen LogP contribution in [0.1, 0.15) is 49.4 Å². The second kappa shape index (κ2) is 8.11. The minimum Gasteiger partial charge on any atom is -0.502 e. The van der Waals surface area contributed by atoms with Crippen LogP contribution in [0.2, 0.25) is 0 Å². The standard InChI is InChI=1S/C24H24N2O4/c1-14(2)30-22-9-4-15(10-21(22)25-3)13-29-17-6-8-20-19(12-17)18-7-5-16(11-23(27)28)24(18)26-20/h4,6,8-10,12,14,16,26H,5,7,11,13H2,1-2H3,(H,27,28)/t16-/m0/s1. The van der Waals surface area contributed by atoms with E-state index in [0.29, 0.717) is 18.0 Å². The van der Waals surface area contributed by atoms with Gasteiger partial charge in [0.25, 0.3) is 0 Å². The first-order chi connectivity index (χ1) is 14.4. The van der Waals surface area contributed by atoms with Gasteiger partial charge >= 0.3 is 5.97 Å². The van der Waals surface area contributed by atoms with Gasteiger partial charge in [-0.25, -0.2) is 4.85 Å². The summed E-state index contributed by atoms with van der Waals surface area (Å²) in [6, 6.07) is 11.4. The molecule has 1 heterocycles. The molecular formula is C24H24N2O4. The summed E-state index contributed by atoms with van der Waals surface area (Å²) < 4.78 is 11.7. The van der Waals surface area contributed by atoms with Gasteiger partial charge in [0.15, 0.2) is 0 Å². The number of H-pyrrole nitrogens is 1. The Labute approximate surface area is 175 Å². The zero-order valence-corrected chi connectivity index (χ0v) is 17.1. The fraction of sp³-hybridized carbons (Fsp3) is 0.333. The quantitative estimate of drug-likeness (QED) is 0.503. The maximum Gasteiger partial charge on any atom is 0.304 e. The summed E-state index contributed by atoms with van der Waals surface area (Å²) in [5.41, 5.74) is 4.64. The Kier molecular flexibility index (Phi) is 5.37. The molecule has 30 heavy (non-hydrogen) atoms. The normalized spacial score (nSPS) is 15.2. The second-order valence-corrected chi connectivity index (χ2v) is 7.93. The second-order valence-electron chi connectivity index (χ2n) is 7.93. The van der Waals surface area contributed by atoms with Crippen molar-refractivity contribution in [3.63, 3.8) is 0 Å². The van der Waals surface area contributed by atoms with Crippen LogP contribution in [0, 0.1) is 6.57 Å². The van der Waals surface area contributed by atoms with Crippen molar-refractivity contribution in [3.8, 4) is 11.5 Å². The molecule has 1 aliphatic rings. The highest BCUT2D eigenvalue weighted by atomic mass is 16.5. The van der Waals surface area contributed by atoms with Crippen LogP contribution in [0.4, 0.5) is 5.69 Å². The topological polar surface area (TPSA) is 75.9 Å². The maximum absolute atomic E-state index is 11.1. The van der Waals surface area contributed by atoms with Gasteiger partial charge < -0.3 is 19.6 Å². The first-order valence-electron chi connectivity index (χ1n) is 10.1. The number of carbonyl (C=O) groups is 1. The van der Waals surface area contributed by atoms with Gasteiger partial charge in [-0.1, -0.05) is 6.07 Å². The van der Waals surface area contributed by atoms with E-state index in [1.54, 1.807) is 6.07 Å². The van der Waals surface area contributed by atoms with E-state index in [9.17, 15) is 4.79 Å². The number of carboxylic acids is 1. The largest absolute Gasteiger partial charge is 0.502 e. The zero-order valence-electron chi connectivity index (χ0n) is 17.1. The Bertz CT molecular complexity index is 1140. The van der Waals surface area contributed by atoms with Crippen LogP contribution in [-0.2, 0) is 17.8 Å². The monoisotopic (exact) mass is 404 g/mol. The third kappa shape index (κ3) is 3.97. The highest BCUT2D eigenvalue weighted by Crippen LogP contribution is 2.40. The fourth-order valence-corrected chi connectivity index (χ4v) is 4.09. The van der Waals surface area contributed by atoms with E-state index in [1.807, 2.05) is 44.2 Å². The van der Waals surface area contributed by atoms with E-state index in [2.05, 4.69) is 9.83 Å². The molecule has 0 saturated heterocycles. The van der Waals surface area contributed by atoms with Crippen molar-refractivity contribution in [1.82, 2.24) is 4.98 Å². The molecule has 4 rings (SSSR count). The van der Waals surface area contributed by atoms with E-state index in [1.165, 1.54) is 5.56 Å². The number of aryl methyl sites for hydroxylation is 1. The van der Waals surface area contributed by atoms with Gasteiger partial charge in [0.05, 0.1) is 19.1 Å². The fourth-order valence-electron chi connectivity index (χ4n) is 4.09. The lowest BCUT2D eigenvalue weighted by molar-refractivity contribution is -0.137. The molecule has 154 valence electrons. The van der Waals surface area contributed by atoms with Gasteiger partial charge in [-0.2, -0.15) is 0 Å². The Morgan fingerprint density at radius 3 is 2.87 bits per heavy atom. The van der Waals surface area contributed by atoms with Crippen molar-refractivity contribution in [3.05, 3.63) is 64.6 Å². The van der Waals surface area contributed by atoms with Crippen molar-refractivity contribution in [2.24, 2.45) is 0 Å². The molecule has 0 radical (unpaired) electrons. The van der Waals surface area contributed by atoms with E-state index in [4.69, 9.17) is 21.2 Å². The Morgan fingerprint density at radius 1 is 1.30 bits per heavy atom. The lowest BCUT2D eigenvalue weighted by Gasteiger charge is -2.13. The van der Waals surface area contributed by atoms with Gasteiger partial charge in [-0.3, -0.25) is 4.79 Å². The van der Waals surface area contributed by atoms with E-state index in [-0.39, 0.29) is 18.4 Å². The number of carboxylic acid groups (broad SMARTS) is 1. The van der Waals surface area contributed by atoms with Crippen LogP contribution in [-0.4, -0.2) is 22.2 Å². The molecule has 2 aromatic carbocycles. The van der Waals surface area contributed by atoms with Crippen LogP contribution < -0.4 is 9.47 Å². The molecule has 3 aromatic rings. The number of aromatic nitrogens is 1. The predicted molar refractivity (Wildman–Crippen MR) is 114 cm³/mol. The summed E-state index contributed by atoms with van der Waals surface area (Å²) in [5.74, 6) is 0.619. The van der Waals surface area contributed by atoms with E-state index >= 15 is 0 Å². The summed E-state index contributed by atoms with van der Waals surface area (Å²) in [4.78, 5) is 18.1. The van der Waals surface area contributed by atoms with E-state index in [0.717, 1.165) is 40.8 Å². The summed E-state index contributed by atoms with van der Waals surface area (Å²) in [6.45, 7) is 11.6. The molecule has 0 unspecified atom stereocenters. The number of hydrogen-bond donors (Lipinski definition) is 2. The first kappa shape index (κ1) is 19.8. The number of hydrogen-bond acceptors (Lipinski definition) is 3. The maximum atomic E-state index is 11.1. The summed E-state index contributed by atoms with van der Waals surface area (Å²) in [6.07, 6.45) is 1.90. The van der Waals surface area contributed by atoms with Crippen LogP contribution >= 0.6 is 0 Å². The summed E-state index contributed by atoms with van der Waals surface area (Å²) in [5, 5.41) is 10.2. The first-order valence-corrected chi connectivity index (χ1v) is 10.1. The molecule has 1 atom stereocenters. The van der Waals surface area contributed by atoms with Crippen LogP contribution in [0.5, 0.6) is 11.5 Å². The lowest BCUT2D eigenvalue weighted by Crippen LogP contribution is -2.05. The zero-order chi connectivity index (χ0) is 21.3. The average molecular weight is 404 g/mol. The minimum atomic E-state index is -0.765. The summed E-state index contributed by atoms with van der Waals surface area (Å²) in [7, 11) is 0. The van der Waals surface area contributed by atoms with Crippen LogP contribution in [0.25, 0.3) is 15.7 Å². The number of ether oxygens (including phenoxy) is 2. The number of aliphatic carboxylic acids is 1. The molecular weight excluding hydrogens is 380 g/mol.